The molecule has 0 aliphatic carbocycles. The summed E-state index contributed by atoms with van der Waals surface area (Å²) in [4.78, 5) is 16.8. The van der Waals surface area contributed by atoms with Gasteiger partial charge in [-0.15, -0.1) is 0 Å². The Hall–Kier alpha value is -2.01. The minimum absolute atomic E-state index is 0.161. The van der Waals surface area contributed by atoms with Crippen molar-refractivity contribution in [2.24, 2.45) is 0 Å². The number of hydrogen-bond acceptors (Lipinski definition) is 2. The van der Waals surface area contributed by atoms with E-state index >= 15 is 0 Å². The van der Waals surface area contributed by atoms with Crippen LogP contribution in [-0.2, 0) is 6.54 Å². The number of fused-ring (bicyclic) bond motifs is 1. The number of hydrogen-bond donors (Lipinski definition) is 0. The Morgan fingerprint density at radius 1 is 1.29 bits per heavy atom. The van der Waals surface area contributed by atoms with Crippen LogP contribution in [0, 0.1) is 12.7 Å². The second-order valence-corrected chi connectivity index (χ2v) is 5.80. The van der Waals surface area contributed by atoms with Crippen molar-refractivity contribution in [3.63, 3.8) is 0 Å². The van der Waals surface area contributed by atoms with E-state index in [1.165, 1.54) is 17.0 Å². The summed E-state index contributed by atoms with van der Waals surface area (Å²) in [7, 11) is 0. The van der Waals surface area contributed by atoms with E-state index in [0.717, 1.165) is 5.56 Å². The maximum atomic E-state index is 13.9. The van der Waals surface area contributed by atoms with Gasteiger partial charge in [-0.2, -0.15) is 0 Å². The Morgan fingerprint density at radius 3 is 2.86 bits per heavy atom. The number of nitrogens with zero attached hydrogens (tertiary/aromatic N) is 2. The molecule has 3 nitrogen and oxygen atoms in total. The van der Waals surface area contributed by atoms with Crippen LogP contribution in [0.15, 0.2) is 52.0 Å². The molecule has 1 heterocycles. The normalized spacial score (nSPS) is 11.0. The molecule has 0 aliphatic heterocycles. The first kappa shape index (κ1) is 13.9. The van der Waals surface area contributed by atoms with Crippen LogP contribution in [0.25, 0.3) is 10.9 Å². The van der Waals surface area contributed by atoms with E-state index < -0.39 is 0 Å². The van der Waals surface area contributed by atoms with Gasteiger partial charge in [-0.25, -0.2) is 9.37 Å². The summed E-state index contributed by atoms with van der Waals surface area (Å²) in [5.41, 5.74) is 1.93. The third kappa shape index (κ3) is 2.61. The van der Waals surface area contributed by atoms with Crippen LogP contribution in [0.2, 0.25) is 0 Å². The molecule has 2 aromatic carbocycles. The van der Waals surface area contributed by atoms with E-state index in [9.17, 15) is 9.18 Å². The molecular formula is C16H12BrFN2O. The van der Waals surface area contributed by atoms with Crippen molar-refractivity contribution < 1.29 is 4.39 Å². The zero-order chi connectivity index (χ0) is 15.0. The molecule has 0 bridgehead atoms. The average molecular weight is 347 g/mol. The van der Waals surface area contributed by atoms with Crippen LogP contribution in [0.3, 0.4) is 0 Å². The molecule has 106 valence electrons. The van der Waals surface area contributed by atoms with Gasteiger partial charge in [0, 0.05) is 10.0 Å². The topological polar surface area (TPSA) is 34.9 Å². The molecular weight excluding hydrogens is 335 g/mol. The van der Waals surface area contributed by atoms with Crippen molar-refractivity contribution in [1.29, 1.82) is 0 Å². The summed E-state index contributed by atoms with van der Waals surface area (Å²) < 4.78 is 16.0. The van der Waals surface area contributed by atoms with E-state index in [-0.39, 0.29) is 17.9 Å². The molecule has 0 saturated heterocycles. The minimum atomic E-state index is -0.347. The number of halogens is 2. The highest BCUT2D eigenvalue weighted by Gasteiger charge is 2.08. The van der Waals surface area contributed by atoms with E-state index in [4.69, 9.17) is 0 Å². The fraction of sp³-hybridized carbons (Fsp3) is 0.125. The molecule has 3 aromatic rings. The van der Waals surface area contributed by atoms with E-state index in [1.807, 2.05) is 19.1 Å². The second-order valence-electron chi connectivity index (χ2n) is 4.88. The van der Waals surface area contributed by atoms with Crippen LogP contribution in [-0.4, -0.2) is 9.55 Å². The molecule has 0 atom stereocenters. The second kappa shape index (κ2) is 5.41. The predicted molar refractivity (Wildman–Crippen MR) is 83.9 cm³/mol. The van der Waals surface area contributed by atoms with Gasteiger partial charge in [0.05, 0.1) is 23.8 Å². The fourth-order valence-electron chi connectivity index (χ4n) is 2.28. The third-order valence-electron chi connectivity index (χ3n) is 3.41. The molecule has 0 aliphatic rings. The van der Waals surface area contributed by atoms with E-state index in [1.54, 1.807) is 18.2 Å². The SMILES string of the molecule is Cc1cccc2c(=O)n(Cc3ccc(Br)cc3F)cnc12. The Morgan fingerprint density at radius 2 is 2.10 bits per heavy atom. The molecule has 0 fully saturated rings. The van der Waals surface area contributed by atoms with Crippen molar-refractivity contribution in [2.45, 2.75) is 13.5 Å². The van der Waals surface area contributed by atoms with E-state index in [0.29, 0.717) is 20.9 Å². The molecule has 0 unspecified atom stereocenters. The van der Waals surface area contributed by atoms with Crippen LogP contribution < -0.4 is 5.56 Å². The largest absolute Gasteiger partial charge is 0.294 e. The summed E-state index contributed by atoms with van der Waals surface area (Å²) in [6.07, 6.45) is 1.47. The lowest BCUT2D eigenvalue weighted by Crippen LogP contribution is -2.21. The molecule has 0 amide bonds. The number of rotatable bonds is 2. The summed E-state index contributed by atoms with van der Waals surface area (Å²) in [5, 5.41) is 0.551. The van der Waals surface area contributed by atoms with Gasteiger partial charge in [0.1, 0.15) is 5.82 Å². The standard InChI is InChI=1S/C16H12BrFN2O/c1-10-3-2-4-13-15(10)19-9-20(16(13)21)8-11-5-6-12(17)7-14(11)18/h2-7,9H,8H2,1H3. The number of benzene rings is 2. The van der Waals surface area contributed by atoms with Gasteiger partial charge in [-0.1, -0.05) is 34.1 Å². The first-order chi connectivity index (χ1) is 10.1. The average Bonchev–Trinajstić information content (AvgIpc) is 2.45. The zero-order valence-corrected chi connectivity index (χ0v) is 12.9. The smallest absolute Gasteiger partial charge is 0.261 e. The third-order valence-corrected chi connectivity index (χ3v) is 3.90. The highest BCUT2D eigenvalue weighted by molar-refractivity contribution is 9.10. The molecule has 21 heavy (non-hydrogen) atoms. The van der Waals surface area contributed by atoms with Crippen molar-refractivity contribution in [3.05, 3.63) is 74.5 Å². The Kier molecular flexibility index (Phi) is 3.59. The van der Waals surface area contributed by atoms with E-state index in [2.05, 4.69) is 20.9 Å². The van der Waals surface area contributed by atoms with Gasteiger partial charge in [-0.05, 0) is 30.7 Å². The van der Waals surface area contributed by atoms with Crippen LogP contribution in [0.5, 0.6) is 0 Å². The lowest BCUT2D eigenvalue weighted by Gasteiger charge is -2.09. The Labute approximate surface area is 129 Å². The molecule has 0 saturated carbocycles. The van der Waals surface area contributed by atoms with Crippen molar-refractivity contribution in [1.82, 2.24) is 9.55 Å². The van der Waals surface area contributed by atoms with Gasteiger partial charge in [0.15, 0.2) is 0 Å². The molecule has 1 aromatic heterocycles. The molecule has 3 rings (SSSR count). The Balaban J connectivity index is 2.09. The van der Waals surface area contributed by atoms with Gasteiger partial charge in [-0.3, -0.25) is 9.36 Å². The molecule has 0 N–H and O–H groups in total. The number of aryl methyl sites for hydroxylation is 1. The van der Waals surface area contributed by atoms with Gasteiger partial charge in [0.25, 0.3) is 5.56 Å². The van der Waals surface area contributed by atoms with Crippen LogP contribution in [0.4, 0.5) is 4.39 Å². The Bertz CT molecular complexity index is 889. The van der Waals surface area contributed by atoms with Crippen molar-refractivity contribution >= 4 is 26.8 Å². The van der Waals surface area contributed by atoms with Crippen LogP contribution >= 0.6 is 15.9 Å². The first-order valence-corrected chi connectivity index (χ1v) is 7.24. The van der Waals surface area contributed by atoms with Gasteiger partial charge >= 0.3 is 0 Å². The number of aromatic nitrogens is 2. The molecule has 0 radical (unpaired) electrons. The quantitative estimate of drug-likeness (QED) is 0.709. The van der Waals surface area contributed by atoms with Gasteiger partial charge in [0.2, 0.25) is 0 Å². The lowest BCUT2D eigenvalue weighted by atomic mass is 10.1. The maximum absolute atomic E-state index is 13.9. The highest BCUT2D eigenvalue weighted by atomic mass is 79.9. The van der Waals surface area contributed by atoms with Crippen molar-refractivity contribution in [3.8, 4) is 0 Å². The van der Waals surface area contributed by atoms with Gasteiger partial charge < -0.3 is 0 Å². The summed E-state index contributed by atoms with van der Waals surface area (Å²) >= 11 is 3.22. The monoisotopic (exact) mass is 346 g/mol. The number of para-hydroxylation sites is 1. The van der Waals surface area contributed by atoms with Crippen molar-refractivity contribution in [2.75, 3.05) is 0 Å². The molecule has 0 spiro atoms. The summed E-state index contributed by atoms with van der Waals surface area (Å²) in [6.45, 7) is 2.07. The summed E-state index contributed by atoms with van der Waals surface area (Å²) in [5.74, 6) is -0.347. The lowest BCUT2D eigenvalue weighted by molar-refractivity contribution is 0.594. The summed E-state index contributed by atoms with van der Waals surface area (Å²) in [6, 6.07) is 10.3. The molecule has 5 heteroatoms. The zero-order valence-electron chi connectivity index (χ0n) is 11.3. The fourth-order valence-corrected chi connectivity index (χ4v) is 2.62. The first-order valence-electron chi connectivity index (χ1n) is 6.45. The highest BCUT2D eigenvalue weighted by Crippen LogP contribution is 2.16. The maximum Gasteiger partial charge on any atom is 0.261 e. The predicted octanol–water partition coefficient (Wildman–Crippen LogP) is 3.65. The minimum Gasteiger partial charge on any atom is -0.294 e. The van der Waals surface area contributed by atoms with Crippen LogP contribution in [0.1, 0.15) is 11.1 Å².